The van der Waals surface area contributed by atoms with Crippen molar-refractivity contribution in [3.8, 4) is 0 Å². The largest absolute Gasteiger partial charge is 0.354 e. The van der Waals surface area contributed by atoms with E-state index in [1.54, 1.807) is 0 Å². The summed E-state index contributed by atoms with van der Waals surface area (Å²) in [5.41, 5.74) is 0.763. The lowest BCUT2D eigenvalue weighted by molar-refractivity contribution is 0.102. The first kappa shape index (κ1) is 10.5. The van der Waals surface area contributed by atoms with Crippen molar-refractivity contribution in [1.29, 1.82) is 0 Å². The number of Topliss-reactive ketones (excluding diaryl/α,β-unsaturated/α-hetero) is 1. The van der Waals surface area contributed by atoms with E-state index in [1.807, 2.05) is 25.9 Å². The van der Waals surface area contributed by atoms with Crippen molar-refractivity contribution < 1.29 is 4.79 Å². The van der Waals surface area contributed by atoms with Crippen LogP contribution in [0.2, 0.25) is 0 Å². The molecular weight excluding hydrogens is 208 g/mol. The van der Waals surface area contributed by atoms with E-state index >= 15 is 0 Å². The second-order valence-corrected chi connectivity index (χ2v) is 4.11. The first-order chi connectivity index (χ1) is 6.06. The predicted octanol–water partition coefficient (Wildman–Crippen LogP) is 1.94. The van der Waals surface area contributed by atoms with Gasteiger partial charge in [-0.15, -0.1) is 11.6 Å². The molecular formula is C8H11ClN2OS. The monoisotopic (exact) mass is 218 g/mol. The van der Waals surface area contributed by atoms with Crippen LogP contribution >= 0.6 is 22.9 Å². The summed E-state index contributed by atoms with van der Waals surface area (Å²) in [6, 6.07) is 0. The second-order valence-electron chi connectivity index (χ2n) is 2.86. The Hall–Kier alpha value is -0.610. The Morgan fingerprint density at radius 3 is 2.62 bits per heavy atom. The van der Waals surface area contributed by atoms with Gasteiger partial charge in [0.2, 0.25) is 0 Å². The van der Waals surface area contributed by atoms with Gasteiger partial charge in [-0.25, -0.2) is 4.98 Å². The molecule has 0 N–H and O–H groups in total. The van der Waals surface area contributed by atoms with Crippen molar-refractivity contribution in [3.05, 3.63) is 10.6 Å². The fourth-order valence-electron chi connectivity index (χ4n) is 0.893. The summed E-state index contributed by atoms with van der Waals surface area (Å²) in [4.78, 5) is 18.1. The Morgan fingerprint density at radius 2 is 2.23 bits per heavy atom. The fraction of sp³-hybridized carbons (Fsp3) is 0.500. The number of hydrogen-bond donors (Lipinski definition) is 0. The van der Waals surface area contributed by atoms with Crippen molar-refractivity contribution >= 4 is 33.9 Å². The average molecular weight is 219 g/mol. The third-order valence-electron chi connectivity index (χ3n) is 1.54. The first-order valence-electron chi connectivity index (χ1n) is 3.80. The predicted molar refractivity (Wildman–Crippen MR) is 56.2 cm³/mol. The fourth-order valence-corrected chi connectivity index (χ4v) is 2.03. The van der Waals surface area contributed by atoms with Crippen molar-refractivity contribution in [2.45, 2.75) is 6.92 Å². The number of carbonyl (C=O) groups excluding carboxylic acids is 1. The van der Waals surface area contributed by atoms with Crippen molar-refractivity contribution in [2.24, 2.45) is 0 Å². The number of anilines is 1. The van der Waals surface area contributed by atoms with E-state index in [4.69, 9.17) is 11.6 Å². The Kier molecular flexibility index (Phi) is 3.27. The molecule has 0 fully saturated rings. The first-order valence-corrected chi connectivity index (χ1v) is 5.15. The summed E-state index contributed by atoms with van der Waals surface area (Å²) < 4.78 is 0. The van der Waals surface area contributed by atoms with Crippen LogP contribution < -0.4 is 4.90 Å². The standard InChI is InChI=1S/C8H11ClN2OS/c1-5-7(6(12)4-9)13-8(10-5)11(2)3/h4H2,1-3H3. The molecule has 0 saturated heterocycles. The second kappa shape index (κ2) is 4.07. The van der Waals surface area contributed by atoms with Crippen LogP contribution in [0, 0.1) is 6.92 Å². The molecule has 0 aromatic carbocycles. The zero-order valence-electron chi connectivity index (χ0n) is 7.80. The highest BCUT2D eigenvalue weighted by molar-refractivity contribution is 7.17. The van der Waals surface area contributed by atoms with E-state index in [0.717, 1.165) is 10.8 Å². The van der Waals surface area contributed by atoms with Crippen molar-refractivity contribution in [1.82, 2.24) is 4.98 Å². The summed E-state index contributed by atoms with van der Waals surface area (Å²) in [5, 5.41) is 0.839. The Bertz CT molecular complexity index is 322. The molecule has 5 heteroatoms. The Labute approximate surface area is 86.3 Å². The lowest BCUT2D eigenvalue weighted by Crippen LogP contribution is -2.07. The molecule has 0 amide bonds. The zero-order valence-corrected chi connectivity index (χ0v) is 9.37. The molecule has 1 rings (SSSR count). The van der Waals surface area contributed by atoms with E-state index in [-0.39, 0.29) is 11.7 Å². The number of carbonyl (C=O) groups is 1. The molecule has 1 heterocycles. The lowest BCUT2D eigenvalue weighted by atomic mass is 10.3. The van der Waals surface area contributed by atoms with Crippen LogP contribution in [0.15, 0.2) is 0 Å². The number of nitrogens with zero attached hydrogens (tertiary/aromatic N) is 2. The smallest absolute Gasteiger partial charge is 0.189 e. The number of halogens is 1. The number of hydrogen-bond acceptors (Lipinski definition) is 4. The van der Waals surface area contributed by atoms with Gasteiger partial charge in [0.1, 0.15) is 0 Å². The molecule has 0 saturated carbocycles. The highest BCUT2D eigenvalue weighted by atomic mass is 35.5. The summed E-state index contributed by atoms with van der Waals surface area (Å²) in [7, 11) is 3.79. The molecule has 1 aromatic rings. The van der Waals surface area contributed by atoms with Gasteiger partial charge in [-0.2, -0.15) is 0 Å². The molecule has 72 valence electrons. The molecule has 0 spiro atoms. The average Bonchev–Trinajstić information content (AvgIpc) is 2.46. The van der Waals surface area contributed by atoms with E-state index in [2.05, 4.69) is 4.98 Å². The Balaban J connectivity index is 3.03. The van der Waals surface area contributed by atoms with Gasteiger partial charge in [0.05, 0.1) is 16.5 Å². The molecule has 13 heavy (non-hydrogen) atoms. The number of thiazole rings is 1. The van der Waals surface area contributed by atoms with Crippen LogP contribution in [0.25, 0.3) is 0 Å². The third-order valence-corrected chi connectivity index (χ3v) is 3.15. The van der Waals surface area contributed by atoms with Gasteiger partial charge in [-0.1, -0.05) is 11.3 Å². The van der Waals surface area contributed by atoms with Gasteiger partial charge >= 0.3 is 0 Å². The van der Waals surface area contributed by atoms with Crippen LogP contribution in [0.3, 0.4) is 0 Å². The molecule has 0 atom stereocenters. The molecule has 0 radical (unpaired) electrons. The number of rotatable bonds is 3. The number of aryl methyl sites for hydroxylation is 1. The lowest BCUT2D eigenvalue weighted by Gasteiger charge is -2.04. The van der Waals surface area contributed by atoms with E-state index in [1.165, 1.54) is 11.3 Å². The quantitative estimate of drug-likeness (QED) is 0.574. The van der Waals surface area contributed by atoms with Crippen LogP contribution in [0.1, 0.15) is 15.4 Å². The normalized spacial score (nSPS) is 10.2. The maximum Gasteiger partial charge on any atom is 0.189 e. The van der Waals surface area contributed by atoms with Gasteiger partial charge in [-0.3, -0.25) is 4.79 Å². The van der Waals surface area contributed by atoms with Crippen LogP contribution in [-0.4, -0.2) is 30.7 Å². The number of alkyl halides is 1. The van der Waals surface area contributed by atoms with Gasteiger partial charge in [-0.05, 0) is 6.92 Å². The van der Waals surface area contributed by atoms with Crippen LogP contribution in [0.5, 0.6) is 0 Å². The van der Waals surface area contributed by atoms with E-state index in [0.29, 0.717) is 4.88 Å². The highest BCUT2D eigenvalue weighted by Crippen LogP contribution is 2.24. The topological polar surface area (TPSA) is 33.2 Å². The molecule has 0 aliphatic rings. The number of aromatic nitrogens is 1. The minimum absolute atomic E-state index is 0.0237. The molecule has 1 aromatic heterocycles. The van der Waals surface area contributed by atoms with Crippen LogP contribution in [-0.2, 0) is 0 Å². The van der Waals surface area contributed by atoms with Crippen molar-refractivity contribution in [3.63, 3.8) is 0 Å². The van der Waals surface area contributed by atoms with Gasteiger partial charge in [0.25, 0.3) is 0 Å². The SMILES string of the molecule is Cc1nc(N(C)C)sc1C(=O)CCl. The van der Waals surface area contributed by atoms with E-state index in [9.17, 15) is 4.79 Å². The molecule has 0 bridgehead atoms. The van der Waals surface area contributed by atoms with Gasteiger partial charge in [0.15, 0.2) is 10.9 Å². The summed E-state index contributed by atoms with van der Waals surface area (Å²) >= 11 is 6.84. The minimum Gasteiger partial charge on any atom is -0.354 e. The molecule has 0 aliphatic carbocycles. The van der Waals surface area contributed by atoms with Crippen LogP contribution in [0.4, 0.5) is 5.13 Å². The summed E-state index contributed by atoms with van der Waals surface area (Å²) in [6.45, 7) is 1.82. The summed E-state index contributed by atoms with van der Waals surface area (Å²) in [5.74, 6) is -0.0274. The van der Waals surface area contributed by atoms with Crippen molar-refractivity contribution in [2.75, 3.05) is 24.9 Å². The maximum absolute atomic E-state index is 11.3. The highest BCUT2D eigenvalue weighted by Gasteiger charge is 2.14. The van der Waals surface area contributed by atoms with Gasteiger partial charge in [0, 0.05) is 14.1 Å². The Morgan fingerprint density at radius 1 is 1.62 bits per heavy atom. The third kappa shape index (κ3) is 2.19. The maximum atomic E-state index is 11.3. The minimum atomic E-state index is -0.0511. The van der Waals surface area contributed by atoms with Gasteiger partial charge < -0.3 is 4.90 Å². The molecule has 0 aliphatic heterocycles. The molecule has 3 nitrogen and oxygen atoms in total. The zero-order chi connectivity index (χ0) is 10.0. The van der Waals surface area contributed by atoms with E-state index < -0.39 is 0 Å². The molecule has 0 unspecified atom stereocenters. The summed E-state index contributed by atoms with van der Waals surface area (Å²) in [6.07, 6.45) is 0. The number of ketones is 1.